The van der Waals surface area contributed by atoms with E-state index >= 15 is 0 Å². The zero-order valence-corrected chi connectivity index (χ0v) is 11.4. The monoisotopic (exact) mass is 265 g/mol. The Balaban J connectivity index is 2.09. The maximum Gasteiger partial charge on any atom is 0.157 e. The summed E-state index contributed by atoms with van der Waals surface area (Å²) in [6.45, 7) is 7.84. The Kier molecular flexibility index (Phi) is 4.63. The molecule has 5 nitrogen and oxygen atoms in total. The second-order valence-corrected chi connectivity index (χ2v) is 4.97. The number of hydrogen-bond donors (Lipinski definition) is 3. The number of hydrogen-bond acceptors (Lipinski definition) is 5. The third kappa shape index (κ3) is 3.18. The summed E-state index contributed by atoms with van der Waals surface area (Å²) in [5.41, 5.74) is 6.85. The maximum atomic E-state index is 9.61. The number of phenolic OH excluding ortho intramolecular Hbond substituents is 2. The molecule has 0 bridgehead atoms. The highest BCUT2D eigenvalue weighted by molar-refractivity contribution is 5.41. The summed E-state index contributed by atoms with van der Waals surface area (Å²) >= 11 is 0. The minimum atomic E-state index is -0.0877. The number of aromatic hydroxyl groups is 2. The van der Waals surface area contributed by atoms with Crippen molar-refractivity contribution in [3.8, 4) is 11.5 Å². The summed E-state index contributed by atoms with van der Waals surface area (Å²) in [4.78, 5) is 4.76. The molecule has 4 N–H and O–H groups in total. The second kappa shape index (κ2) is 6.23. The first-order chi connectivity index (χ1) is 9.15. The molecule has 0 spiro atoms. The fourth-order valence-corrected chi connectivity index (χ4v) is 2.63. The van der Waals surface area contributed by atoms with E-state index in [0.717, 1.165) is 38.3 Å². The molecule has 1 unspecified atom stereocenters. The van der Waals surface area contributed by atoms with Crippen molar-refractivity contribution < 1.29 is 10.2 Å². The van der Waals surface area contributed by atoms with Crippen LogP contribution in [0.4, 0.5) is 0 Å². The van der Waals surface area contributed by atoms with Crippen molar-refractivity contribution in [2.24, 2.45) is 5.73 Å². The lowest BCUT2D eigenvalue weighted by Gasteiger charge is -2.38. The van der Waals surface area contributed by atoms with Crippen LogP contribution in [-0.2, 0) is 0 Å². The highest BCUT2D eigenvalue weighted by Gasteiger charge is 2.24. The third-order valence-electron chi connectivity index (χ3n) is 3.90. The molecule has 0 radical (unpaired) electrons. The van der Waals surface area contributed by atoms with Gasteiger partial charge in [-0.25, -0.2) is 0 Å². The topological polar surface area (TPSA) is 73.0 Å². The van der Waals surface area contributed by atoms with Crippen LogP contribution in [0.3, 0.4) is 0 Å². The van der Waals surface area contributed by atoms with Gasteiger partial charge in [0.1, 0.15) is 0 Å². The molecule has 1 aliphatic rings. The second-order valence-electron chi connectivity index (χ2n) is 4.97. The van der Waals surface area contributed by atoms with E-state index in [0.29, 0.717) is 6.54 Å². The van der Waals surface area contributed by atoms with Crippen molar-refractivity contribution in [1.29, 1.82) is 0 Å². The van der Waals surface area contributed by atoms with Gasteiger partial charge in [0.25, 0.3) is 0 Å². The number of benzene rings is 1. The Morgan fingerprint density at radius 2 is 1.84 bits per heavy atom. The normalized spacial score (nSPS) is 19.5. The fourth-order valence-electron chi connectivity index (χ4n) is 2.63. The number of rotatable bonds is 4. The van der Waals surface area contributed by atoms with E-state index in [4.69, 9.17) is 5.73 Å². The van der Waals surface area contributed by atoms with E-state index in [1.807, 2.05) is 6.07 Å². The summed E-state index contributed by atoms with van der Waals surface area (Å²) in [7, 11) is 0. The van der Waals surface area contributed by atoms with E-state index in [-0.39, 0.29) is 17.5 Å². The van der Waals surface area contributed by atoms with Crippen molar-refractivity contribution in [2.45, 2.75) is 13.0 Å². The molecular formula is C14H23N3O2. The molecule has 1 aromatic carbocycles. The largest absolute Gasteiger partial charge is 0.504 e. The Labute approximate surface area is 114 Å². The standard InChI is InChI=1S/C14H23N3O2/c1-2-16-5-7-17(8-6-16)12(10-15)11-3-4-13(18)14(19)9-11/h3-4,9,12,18-19H,2,5-8,10,15H2,1H3. The lowest BCUT2D eigenvalue weighted by molar-refractivity contribution is 0.102. The molecule has 1 heterocycles. The van der Waals surface area contributed by atoms with Gasteiger partial charge in [0.15, 0.2) is 11.5 Å². The predicted molar refractivity (Wildman–Crippen MR) is 75.3 cm³/mol. The highest BCUT2D eigenvalue weighted by atomic mass is 16.3. The van der Waals surface area contributed by atoms with Gasteiger partial charge in [-0.05, 0) is 24.2 Å². The Bertz CT molecular complexity index is 417. The Morgan fingerprint density at radius 1 is 1.16 bits per heavy atom. The molecular weight excluding hydrogens is 242 g/mol. The Hall–Kier alpha value is -1.30. The smallest absolute Gasteiger partial charge is 0.157 e. The van der Waals surface area contributed by atoms with Gasteiger partial charge in [-0.2, -0.15) is 0 Å². The van der Waals surface area contributed by atoms with Crippen LogP contribution in [0.1, 0.15) is 18.5 Å². The molecule has 0 aromatic heterocycles. The molecule has 106 valence electrons. The molecule has 5 heteroatoms. The van der Waals surface area contributed by atoms with Crippen LogP contribution in [0, 0.1) is 0 Å². The molecule has 1 aromatic rings. The van der Waals surface area contributed by atoms with Gasteiger partial charge >= 0.3 is 0 Å². The van der Waals surface area contributed by atoms with Gasteiger partial charge in [0.05, 0.1) is 0 Å². The quantitative estimate of drug-likeness (QED) is 0.700. The van der Waals surface area contributed by atoms with Gasteiger partial charge in [-0.3, -0.25) is 4.90 Å². The van der Waals surface area contributed by atoms with Gasteiger partial charge in [-0.1, -0.05) is 13.0 Å². The van der Waals surface area contributed by atoms with E-state index in [1.165, 1.54) is 6.07 Å². The van der Waals surface area contributed by atoms with E-state index < -0.39 is 0 Å². The van der Waals surface area contributed by atoms with Crippen LogP contribution < -0.4 is 5.73 Å². The summed E-state index contributed by atoms with van der Waals surface area (Å²) in [5, 5.41) is 19.0. The van der Waals surface area contributed by atoms with Crippen molar-refractivity contribution in [3.05, 3.63) is 23.8 Å². The van der Waals surface area contributed by atoms with Crippen molar-refractivity contribution in [1.82, 2.24) is 9.80 Å². The first-order valence-electron chi connectivity index (χ1n) is 6.84. The van der Waals surface area contributed by atoms with Crippen molar-refractivity contribution in [3.63, 3.8) is 0 Å². The average molecular weight is 265 g/mol. The number of nitrogens with zero attached hydrogens (tertiary/aromatic N) is 2. The zero-order valence-electron chi connectivity index (χ0n) is 11.4. The number of piperazine rings is 1. The minimum absolute atomic E-state index is 0.0804. The molecule has 2 rings (SSSR count). The molecule has 1 aliphatic heterocycles. The molecule has 0 aliphatic carbocycles. The van der Waals surface area contributed by atoms with Crippen molar-refractivity contribution in [2.75, 3.05) is 39.3 Å². The molecule has 1 fully saturated rings. The van der Waals surface area contributed by atoms with Crippen LogP contribution >= 0.6 is 0 Å². The first kappa shape index (κ1) is 14.1. The molecule has 1 atom stereocenters. The van der Waals surface area contributed by atoms with Crippen LogP contribution in [0.2, 0.25) is 0 Å². The molecule has 0 amide bonds. The van der Waals surface area contributed by atoms with E-state index in [9.17, 15) is 10.2 Å². The lowest BCUT2D eigenvalue weighted by Crippen LogP contribution is -2.48. The molecule has 1 saturated heterocycles. The summed E-state index contributed by atoms with van der Waals surface area (Å²) in [6.07, 6.45) is 0. The van der Waals surface area contributed by atoms with Gasteiger partial charge in [0.2, 0.25) is 0 Å². The summed E-state index contributed by atoms with van der Waals surface area (Å²) in [6, 6.07) is 5.07. The van der Waals surface area contributed by atoms with E-state index in [1.54, 1.807) is 6.07 Å². The third-order valence-corrected chi connectivity index (χ3v) is 3.90. The van der Waals surface area contributed by atoms with E-state index in [2.05, 4.69) is 16.7 Å². The highest BCUT2D eigenvalue weighted by Crippen LogP contribution is 2.30. The molecule has 0 saturated carbocycles. The SMILES string of the molecule is CCN1CCN(C(CN)c2ccc(O)c(O)c2)CC1. The predicted octanol–water partition coefficient (Wildman–Crippen LogP) is 0.735. The van der Waals surface area contributed by atoms with Crippen LogP contribution in [0.5, 0.6) is 11.5 Å². The average Bonchev–Trinajstić information content (AvgIpc) is 2.44. The zero-order chi connectivity index (χ0) is 13.8. The van der Waals surface area contributed by atoms with Crippen molar-refractivity contribution >= 4 is 0 Å². The van der Waals surface area contributed by atoms with Crippen LogP contribution in [0.15, 0.2) is 18.2 Å². The fraction of sp³-hybridized carbons (Fsp3) is 0.571. The van der Waals surface area contributed by atoms with Crippen LogP contribution in [-0.4, -0.2) is 59.3 Å². The Morgan fingerprint density at radius 3 is 2.37 bits per heavy atom. The van der Waals surface area contributed by atoms with Gasteiger partial charge < -0.3 is 20.8 Å². The summed E-state index contributed by atoms with van der Waals surface area (Å²) < 4.78 is 0. The number of phenols is 2. The molecule has 19 heavy (non-hydrogen) atoms. The maximum absolute atomic E-state index is 9.61. The minimum Gasteiger partial charge on any atom is -0.504 e. The van der Waals surface area contributed by atoms with Gasteiger partial charge in [0, 0.05) is 38.8 Å². The number of likely N-dealkylation sites (N-methyl/N-ethyl adjacent to an activating group) is 1. The first-order valence-corrected chi connectivity index (χ1v) is 6.84. The van der Waals surface area contributed by atoms with Gasteiger partial charge in [-0.15, -0.1) is 0 Å². The lowest BCUT2D eigenvalue weighted by atomic mass is 10.0. The number of nitrogens with two attached hydrogens (primary N) is 1. The summed E-state index contributed by atoms with van der Waals surface area (Å²) in [5.74, 6) is -0.168. The van der Waals surface area contributed by atoms with Crippen LogP contribution in [0.25, 0.3) is 0 Å².